The van der Waals surface area contributed by atoms with Crippen LogP contribution in [-0.2, 0) is 11.3 Å². The minimum atomic E-state index is -0.191. The first-order valence-corrected chi connectivity index (χ1v) is 10.9. The molecule has 148 valence electrons. The number of likely N-dealkylation sites (tertiary alicyclic amines) is 2. The van der Waals surface area contributed by atoms with Crippen LogP contribution in [0.25, 0.3) is 0 Å². The number of rotatable bonds is 5. The molecule has 0 spiro atoms. The van der Waals surface area contributed by atoms with Gasteiger partial charge in [-0.25, -0.2) is 0 Å². The van der Waals surface area contributed by atoms with E-state index in [0.29, 0.717) is 5.91 Å². The molecule has 0 bridgehead atoms. The average Bonchev–Trinajstić information content (AvgIpc) is 3.41. The second-order valence-corrected chi connectivity index (χ2v) is 9.07. The molecular weight excluding hydrogens is 334 g/mol. The Hall–Kier alpha value is -1.39. The highest BCUT2D eigenvalue weighted by Gasteiger charge is 2.50. The summed E-state index contributed by atoms with van der Waals surface area (Å²) in [4.78, 5) is 20.8. The molecule has 4 heteroatoms. The topological polar surface area (TPSA) is 26.8 Å². The summed E-state index contributed by atoms with van der Waals surface area (Å²) in [5, 5.41) is 0. The van der Waals surface area contributed by atoms with Crippen LogP contribution in [0.4, 0.5) is 0 Å². The Morgan fingerprint density at radius 2 is 1.67 bits per heavy atom. The summed E-state index contributed by atoms with van der Waals surface area (Å²) in [6.45, 7) is 4.12. The van der Waals surface area contributed by atoms with E-state index in [1.54, 1.807) is 0 Å². The van der Waals surface area contributed by atoms with Crippen molar-refractivity contribution in [2.45, 2.75) is 69.5 Å². The highest BCUT2D eigenvalue weighted by atomic mass is 16.2. The van der Waals surface area contributed by atoms with Crippen molar-refractivity contribution >= 4 is 5.91 Å². The van der Waals surface area contributed by atoms with Crippen LogP contribution in [0.3, 0.4) is 0 Å². The Kier molecular flexibility index (Phi) is 5.56. The molecule has 1 aliphatic carbocycles. The van der Waals surface area contributed by atoms with Crippen LogP contribution in [0.5, 0.6) is 0 Å². The van der Waals surface area contributed by atoms with Crippen LogP contribution in [0.2, 0.25) is 0 Å². The van der Waals surface area contributed by atoms with Gasteiger partial charge in [-0.1, -0.05) is 37.1 Å². The summed E-state index contributed by atoms with van der Waals surface area (Å²) < 4.78 is 0. The molecule has 3 fully saturated rings. The van der Waals surface area contributed by atoms with E-state index in [9.17, 15) is 4.79 Å². The number of carbonyl (C=O) groups is 1. The second kappa shape index (κ2) is 7.92. The molecule has 3 aliphatic rings. The average molecular weight is 370 g/mol. The molecule has 1 aromatic carbocycles. The molecule has 0 radical (unpaired) electrons. The van der Waals surface area contributed by atoms with Crippen molar-refractivity contribution in [3.63, 3.8) is 0 Å². The third-order valence-electron chi connectivity index (χ3n) is 6.92. The maximum absolute atomic E-state index is 13.8. The molecule has 27 heavy (non-hydrogen) atoms. The Balaban J connectivity index is 1.54. The number of carbonyl (C=O) groups excluding carboxylic acids is 1. The van der Waals surface area contributed by atoms with Crippen LogP contribution in [0, 0.1) is 0 Å². The zero-order valence-electron chi connectivity index (χ0n) is 17.1. The Labute approximate surface area is 164 Å². The van der Waals surface area contributed by atoms with Gasteiger partial charge >= 0.3 is 0 Å². The van der Waals surface area contributed by atoms with Crippen molar-refractivity contribution in [3.8, 4) is 0 Å². The Bertz CT molecular complexity index is 642. The van der Waals surface area contributed by atoms with E-state index in [-0.39, 0.29) is 11.6 Å². The van der Waals surface area contributed by atoms with Gasteiger partial charge < -0.3 is 9.80 Å². The number of hydrogen-bond donors (Lipinski definition) is 0. The summed E-state index contributed by atoms with van der Waals surface area (Å²) in [6, 6.07) is 9.26. The van der Waals surface area contributed by atoms with Crippen molar-refractivity contribution in [1.29, 1.82) is 0 Å². The lowest BCUT2D eigenvalue weighted by atomic mass is 9.92. The first-order valence-electron chi connectivity index (χ1n) is 10.9. The maximum Gasteiger partial charge on any atom is 0.243 e. The summed E-state index contributed by atoms with van der Waals surface area (Å²) in [5.74, 6) is 0.432. The van der Waals surface area contributed by atoms with Crippen molar-refractivity contribution < 1.29 is 4.79 Å². The molecule has 4 nitrogen and oxygen atoms in total. The van der Waals surface area contributed by atoms with Gasteiger partial charge in [0, 0.05) is 13.1 Å². The fourth-order valence-electron chi connectivity index (χ4n) is 5.60. The lowest BCUT2D eigenvalue weighted by Crippen LogP contribution is -2.57. The van der Waals surface area contributed by atoms with E-state index in [0.717, 1.165) is 51.9 Å². The quantitative estimate of drug-likeness (QED) is 0.789. The van der Waals surface area contributed by atoms with Crippen LogP contribution < -0.4 is 0 Å². The monoisotopic (exact) mass is 369 g/mol. The van der Waals surface area contributed by atoms with Gasteiger partial charge in [-0.3, -0.25) is 9.69 Å². The summed E-state index contributed by atoms with van der Waals surface area (Å²) >= 11 is 0. The smallest absolute Gasteiger partial charge is 0.243 e. The second-order valence-electron chi connectivity index (χ2n) is 9.07. The summed E-state index contributed by atoms with van der Waals surface area (Å²) in [6.07, 6.45) is 9.30. The van der Waals surface area contributed by atoms with E-state index in [1.165, 1.54) is 36.8 Å². The fraction of sp³-hybridized carbons (Fsp3) is 0.696. The largest absolute Gasteiger partial charge is 0.334 e. The van der Waals surface area contributed by atoms with E-state index >= 15 is 0 Å². The number of benzene rings is 1. The SMILES string of the molecule is CN(C)Cc1ccc(C2CCCN2C(=O)C2(N3CCCC3)CCCC2)cc1. The summed E-state index contributed by atoms with van der Waals surface area (Å²) in [5.41, 5.74) is 2.46. The summed E-state index contributed by atoms with van der Waals surface area (Å²) in [7, 11) is 4.20. The fourth-order valence-corrected chi connectivity index (χ4v) is 5.60. The molecule has 0 N–H and O–H groups in total. The van der Waals surface area contributed by atoms with Crippen molar-refractivity contribution in [3.05, 3.63) is 35.4 Å². The predicted molar refractivity (Wildman–Crippen MR) is 110 cm³/mol. The molecular formula is C23H35N3O. The van der Waals surface area contributed by atoms with Gasteiger partial charge in [0.25, 0.3) is 0 Å². The number of amides is 1. The van der Waals surface area contributed by atoms with Gasteiger partial charge in [-0.15, -0.1) is 0 Å². The van der Waals surface area contributed by atoms with Gasteiger partial charge in [0.15, 0.2) is 0 Å². The van der Waals surface area contributed by atoms with E-state index < -0.39 is 0 Å². The zero-order valence-corrected chi connectivity index (χ0v) is 17.1. The van der Waals surface area contributed by atoms with Crippen LogP contribution in [0.1, 0.15) is 68.5 Å². The van der Waals surface area contributed by atoms with E-state index in [4.69, 9.17) is 0 Å². The van der Waals surface area contributed by atoms with Crippen LogP contribution in [0.15, 0.2) is 24.3 Å². The normalized spacial score (nSPS) is 25.6. The van der Waals surface area contributed by atoms with Crippen molar-refractivity contribution in [1.82, 2.24) is 14.7 Å². The van der Waals surface area contributed by atoms with Gasteiger partial charge in [-0.2, -0.15) is 0 Å². The third-order valence-corrected chi connectivity index (χ3v) is 6.92. The minimum absolute atomic E-state index is 0.191. The number of nitrogens with zero attached hydrogens (tertiary/aromatic N) is 3. The molecule has 1 unspecified atom stereocenters. The third kappa shape index (κ3) is 3.66. The van der Waals surface area contributed by atoms with Gasteiger partial charge in [-0.05, 0) is 76.8 Å². The predicted octanol–water partition coefficient (Wildman–Crippen LogP) is 3.82. The molecule has 0 aromatic heterocycles. The molecule has 1 amide bonds. The van der Waals surface area contributed by atoms with Gasteiger partial charge in [0.1, 0.15) is 5.54 Å². The first kappa shape index (κ1) is 18.9. The van der Waals surface area contributed by atoms with E-state index in [2.05, 4.69) is 53.1 Å². The van der Waals surface area contributed by atoms with Gasteiger partial charge in [0.2, 0.25) is 5.91 Å². The Morgan fingerprint density at radius 1 is 1.00 bits per heavy atom. The minimum Gasteiger partial charge on any atom is -0.334 e. The molecule has 1 atom stereocenters. The first-order chi connectivity index (χ1) is 13.1. The maximum atomic E-state index is 13.8. The standard InChI is InChI=1S/C23H35N3O/c1-24(2)18-19-9-11-20(12-10-19)21-8-7-17-26(21)22(27)23(13-3-4-14-23)25-15-5-6-16-25/h9-12,21H,3-8,13-18H2,1-2H3. The number of hydrogen-bond acceptors (Lipinski definition) is 3. The van der Waals surface area contributed by atoms with Gasteiger partial charge in [0.05, 0.1) is 6.04 Å². The highest BCUT2D eigenvalue weighted by Crippen LogP contribution is 2.42. The Morgan fingerprint density at radius 3 is 2.30 bits per heavy atom. The van der Waals surface area contributed by atoms with Crippen molar-refractivity contribution in [2.24, 2.45) is 0 Å². The highest BCUT2D eigenvalue weighted by molar-refractivity contribution is 5.87. The zero-order chi connectivity index (χ0) is 18.9. The van der Waals surface area contributed by atoms with Crippen molar-refractivity contribution in [2.75, 3.05) is 33.7 Å². The van der Waals surface area contributed by atoms with E-state index in [1.807, 2.05) is 0 Å². The molecule has 1 aromatic rings. The molecule has 2 aliphatic heterocycles. The molecule has 4 rings (SSSR count). The lowest BCUT2D eigenvalue weighted by Gasteiger charge is -2.41. The van der Waals surface area contributed by atoms with Crippen LogP contribution >= 0.6 is 0 Å². The molecule has 1 saturated carbocycles. The molecule has 2 heterocycles. The van der Waals surface area contributed by atoms with Crippen LogP contribution in [-0.4, -0.2) is 59.9 Å². The molecule has 2 saturated heterocycles. The lowest BCUT2D eigenvalue weighted by molar-refractivity contribution is -0.145.